The second-order valence-electron chi connectivity index (χ2n) is 0. The van der Waals surface area contributed by atoms with Crippen molar-refractivity contribution >= 4 is 0 Å². The minimum absolute atomic E-state index is 0. The Bertz CT molecular complexity index is 4.14. The minimum Gasteiger partial charge on any atom is -0.412 e. The third-order valence-electron chi connectivity index (χ3n) is 0. The Balaban J connectivity index is 0. The number of hydrogen-bond acceptors (Lipinski definition) is 0. The molecule has 48 valence electrons. The van der Waals surface area contributed by atoms with Crippen molar-refractivity contribution in [2.45, 2.75) is 0 Å². The Labute approximate surface area is 60.5 Å². The third-order valence-corrected chi connectivity index (χ3v) is 0. The van der Waals surface area contributed by atoms with E-state index >= 15 is 0 Å². The van der Waals surface area contributed by atoms with E-state index in [1.807, 2.05) is 0 Å². The van der Waals surface area contributed by atoms with Crippen LogP contribution in [0.1, 0.15) is 0 Å². The van der Waals surface area contributed by atoms with Gasteiger partial charge in [0, 0.05) is 0 Å². The van der Waals surface area contributed by atoms with Gasteiger partial charge in [-0.25, -0.2) is 0 Å². The molecule has 0 radical (unpaired) electrons. The van der Waals surface area contributed by atoms with Crippen molar-refractivity contribution in [1.29, 1.82) is 0 Å². The summed E-state index contributed by atoms with van der Waals surface area (Å²) in [5.41, 5.74) is 0. The first-order valence-corrected chi connectivity index (χ1v) is 0. The van der Waals surface area contributed by atoms with Crippen LogP contribution in [0, 0.1) is 0 Å². The Morgan fingerprint density at radius 1 is 0.286 bits per heavy atom. The maximum Gasteiger partial charge on any atom is 2.00 e. The standard InChI is InChI=1S/Cd.6H2O/h;6*1H2/q+2;;;;;;. The van der Waals surface area contributed by atoms with Gasteiger partial charge in [0.05, 0.1) is 0 Å². The summed E-state index contributed by atoms with van der Waals surface area (Å²) in [6.45, 7) is 0. The molecule has 0 saturated heterocycles. The van der Waals surface area contributed by atoms with Gasteiger partial charge < -0.3 is 32.9 Å². The fourth-order valence-electron chi connectivity index (χ4n) is 0. The molecule has 0 aromatic heterocycles. The second kappa shape index (κ2) is 464. The molecule has 0 aromatic carbocycles. The fourth-order valence-corrected chi connectivity index (χ4v) is 0. The Morgan fingerprint density at radius 3 is 0.286 bits per heavy atom. The van der Waals surface area contributed by atoms with Crippen LogP contribution in [0.3, 0.4) is 0 Å². The zero-order chi connectivity index (χ0) is 0. The van der Waals surface area contributed by atoms with E-state index in [0.29, 0.717) is 0 Å². The van der Waals surface area contributed by atoms with E-state index in [-0.39, 0.29) is 60.2 Å². The molecule has 0 spiro atoms. The summed E-state index contributed by atoms with van der Waals surface area (Å²) in [5, 5.41) is 0. The molecule has 7 heavy (non-hydrogen) atoms. The van der Waals surface area contributed by atoms with Crippen LogP contribution in [0.25, 0.3) is 0 Å². The van der Waals surface area contributed by atoms with Crippen LogP contribution in [0.2, 0.25) is 0 Å². The van der Waals surface area contributed by atoms with Gasteiger partial charge in [-0.05, 0) is 0 Å². The van der Waals surface area contributed by atoms with Gasteiger partial charge in [0.2, 0.25) is 0 Å². The minimum atomic E-state index is 0. The van der Waals surface area contributed by atoms with Gasteiger partial charge in [-0.15, -0.1) is 0 Å². The largest absolute Gasteiger partial charge is 2.00 e. The summed E-state index contributed by atoms with van der Waals surface area (Å²) in [7, 11) is 0. The molecule has 0 fully saturated rings. The van der Waals surface area contributed by atoms with Gasteiger partial charge in [0.1, 0.15) is 0 Å². The average Bonchev–Trinajstić information content (AvgIpc) is 0. The SMILES string of the molecule is O.O.O.O.O.O.[Cd+2]. The molecular weight excluding hydrogens is 208 g/mol. The van der Waals surface area contributed by atoms with Crippen molar-refractivity contribution in [2.75, 3.05) is 0 Å². The van der Waals surface area contributed by atoms with Crippen LogP contribution in [0.5, 0.6) is 0 Å². The zero-order valence-corrected chi connectivity index (χ0v) is 7.74. The van der Waals surface area contributed by atoms with Crippen molar-refractivity contribution in [1.82, 2.24) is 0 Å². The average molecular weight is 221 g/mol. The van der Waals surface area contributed by atoms with Crippen LogP contribution >= 0.6 is 0 Å². The summed E-state index contributed by atoms with van der Waals surface area (Å²) >= 11 is 0. The molecule has 0 heterocycles. The van der Waals surface area contributed by atoms with Crippen molar-refractivity contribution in [2.24, 2.45) is 0 Å². The monoisotopic (exact) mass is 222 g/mol. The molecule has 0 saturated carbocycles. The first kappa shape index (κ1) is 737. The summed E-state index contributed by atoms with van der Waals surface area (Å²) in [6, 6.07) is 0. The van der Waals surface area contributed by atoms with Crippen LogP contribution in [0.4, 0.5) is 0 Å². The Kier molecular flexibility index (Phi) is 48800. The summed E-state index contributed by atoms with van der Waals surface area (Å²) in [5.74, 6) is 0. The van der Waals surface area contributed by atoms with Gasteiger partial charge in [-0.2, -0.15) is 0 Å². The molecular formula is H12CdO6+2. The van der Waals surface area contributed by atoms with Crippen molar-refractivity contribution < 1.29 is 60.2 Å². The summed E-state index contributed by atoms with van der Waals surface area (Å²) < 4.78 is 0. The smallest absolute Gasteiger partial charge is 0.412 e. The number of hydrogen-bond donors (Lipinski definition) is 0. The number of rotatable bonds is 0. The van der Waals surface area contributed by atoms with Crippen LogP contribution in [-0.4, -0.2) is 32.9 Å². The van der Waals surface area contributed by atoms with Crippen molar-refractivity contribution in [3.05, 3.63) is 0 Å². The van der Waals surface area contributed by atoms with Crippen molar-refractivity contribution in [3.8, 4) is 0 Å². The van der Waals surface area contributed by atoms with E-state index in [9.17, 15) is 0 Å². The van der Waals surface area contributed by atoms with Crippen molar-refractivity contribution in [3.63, 3.8) is 0 Å². The molecule has 6 nitrogen and oxygen atoms in total. The molecule has 0 rings (SSSR count). The van der Waals surface area contributed by atoms with Gasteiger partial charge in [-0.1, -0.05) is 0 Å². The molecule has 0 aromatic rings. The van der Waals surface area contributed by atoms with E-state index in [0.717, 1.165) is 0 Å². The summed E-state index contributed by atoms with van der Waals surface area (Å²) in [4.78, 5) is 0. The Morgan fingerprint density at radius 2 is 0.286 bits per heavy atom. The topological polar surface area (TPSA) is 189 Å². The third kappa shape index (κ3) is 315. The molecule has 0 unspecified atom stereocenters. The molecule has 0 amide bonds. The fraction of sp³-hybridized carbons (Fsp3) is 0. The predicted molar refractivity (Wildman–Crippen MR) is 21.7 cm³/mol. The van der Waals surface area contributed by atoms with E-state index in [2.05, 4.69) is 0 Å². The van der Waals surface area contributed by atoms with Crippen LogP contribution in [0.15, 0.2) is 0 Å². The molecule has 0 aliphatic heterocycles. The zero-order valence-electron chi connectivity index (χ0n) is 3.71. The second-order valence-corrected chi connectivity index (χ2v) is 0. The molecule has 0 bridgehead atoms. The predicted octanol–water partition coefficient (Wildman–Crippen LogP) is -4.95. The molecule has 0 atom stereocenters. The van der Waals surface area contributed by atoms with E-state index in [1.165, 1.54) is 0 Å². The van der Waals surface area contributed by atoms with Gasteiger partial charge >= 0.3 is 27.3 Å². The maximum absolute atomic E-state index is 0. The van der Waals surface area contributed by atoms with E-state index in [1.54, 1.807) is 0 Å². The first-order valence-electron chi connectivity index (χ1n) is 0. The van der Waals surface area contributed by atoms with Gasteiger partial charge in [0.15, 0.2) is 0 Å². The normalized spacial score (nSPS) is 0. The van der Waals surface area contributed by atoms with Gasteiger partial charge in [0.25, 0.3) is 0 Å². The quantitative estimate of drug-likeness (QED) is 0.354. The maximum atomic E-state index is 0. The van der Waals surface area contributed by atoms with Gasteiger partial charge in [-0.3, -0.25) is 0 Å². The molecule has 0 aliphatic carbocycles. The molecule has 12 N–H and O–H groups in total. The van der Waals surface area contributed by atoms with E-state index in [4.69, 9.17) is 0 Å². The van der Waals surface area contributed by atoms with E-state index < -0.39 is 0 Å². The molecule has 0 aliphatic rings. The molecule has 7 heteroatoms. The Hall–Kier alpha value is 0.682. The summed E-state index contributed by atoms with van der Waals surface area (Å²) in [6.07, 6.45) is 0. The van der Waals surface area contributed by atoms with Crippen LogP contribution < -0.4 is 0 Å². The first-order chi connectivity index (χ1) is 0. The van der Waals surface area contributed by atoms with Crippen LogP contribution in [-0.2, 0) is 27.3 Å².